The number of hydrogen-bond acceptors (Lipinski definition) is 3. The molecule has 5 nitrogen and oxygen atoms in total. The number of amides is 2. The van der Waals surface area contributed by atoms with Crippen LogP contribution in [0.25, 0.3) is 0 Å². The van der Waals surface area contributed by atoms with Gasteiger partial charge in [-0.3, -0.25) is 9.59 Å². The van der Waals surface area contributed by atoms with Crippen LogP contribution in [0.2, 0.25) is 0 Å². The smallest absolute Gasteiger partial charge is 0.260 e. The summed E-state index contributed by atoms with van der Waals surface area (Å²) in [5.74, 6) is 1.35. The van der Waals surface area contributed by atoms with Crippen molar-refractivity contribution in [2.75, 3.05) is 32.8 Å². The van der Waals surface area contributed by atoms with Crippen molar-refractivity contribution in [2.24, 2.45) is 5.92 Å². The van der Waals surface area contributed by atoms with Crippen LogP contribution in [0.3, 0.4) is 0 Å². The van der Waals surface area contributed by atoms with Gasteiger partial charge in [0.05, 0.1) is 0 Å². The molecular weight excluding hydrogens is 328 g/mol. The fraction of sp³-hybridized carbons (Fsp3) is 0.619. The largest absolute Gasteiger partial charge is 0.483 e. The second-order valence-electron chi connectivity index (χ2n) is 7.66. The van der Waals surface area contributed by atoms with Crippen LogP contribution in [-0.2, 0) is 9.59 Å². The minimum Gasteiger partial charge on any atom is -0.483 e. The number of rotatable bonds is 5. The maximum Gasteiger partial charge on any atom is 0.260 e. The summed E-state index contributed by atoms with van der Waals surface area (Å²) in [6.07, 6.45) is 1.39. The molecule has 0 bridgehead atoms. The number of carbonyl (C=O) groups excluding carboxylic acids is 2. The van der Waals surface area contributed by atoms with E-state index in [1.54, 1.807) is 0 Å². The van der Waals surface area contributed by atoms with Crippen LogP contribution in [0.4, 0.5) is 0 Å². The molecule has 1 saturated heterocycles. The lowest BCUT2D eigenvalue weighted by molar-refractivity contribution is -0.135. The third-order valence-electron chi connectivity index (χ3n) is 5.00. The first-order chi connectivity index (χ1) is 12.3. The summed E-state index contributed by atoms with van der Waals surface area (Å²) in [6.45, 7) is 12.8. The molecule has 1 aromatic rings. The van der Waals surface area contributed by atoms with Gasteiger partial charge in [-0.1, -0.05) is 26.0 Å². The van der Waals surface area contributed by atoms with Crippen LogP contribution in [-0.4, -0.2) is 54.4 Å². The number of benzene rings is 1. The molecule has 1 heterocycles. The van der Waals surface area contributed by atoms with Gasteiger partial charge >= 0.3 is 0 Å². The molecule has 0 atom stereocenters. The summed E-state index contributed by atoms with van der Waals surface area (Å²) >= 11 is 0. The summed E-state index contributed by atoms with van der Waals surface area (Å²) in [6, 6.07) is 4.09. The molecule has 1 fully saturated rings. The van der Waals surface area contributed by atoms with Crippen LogP contribution in [0, 0.1) is 26.7 Å². The van der Waals surface area contributed by atoms with E-state index in [0.717, 1.165) is 35.4 Å². The van der Waals surface area contributed by atoms with E-state index in [0.29, 0.717) is 32.0 Å². The zero-order valence-electron chi connectivity index (χ0n) is 16.8. The van der Waals surface area contributed by atoms with Gasteiger partial charge in [-0.2, -0.15) is 0 Å². The Bertz CT molecular complexity index is 655. The third-order valence-corrected chi connectivity index (χ3v) is 5.00. The minimum absolute atomic E-state index is 0.0107. The van der Waals surface area contributed by atoms with Gasteiger partial charge in [0, 0.05) is 32.6 Å². The van der Waals surface area contributed by atoms with Crippen molar-refractivity contribution in [3.63, 3.8) is 0 Å². The lowest BCUT2D eigenvalue weighted by Gasteiger charge is -2.23. The number of ether oxygens (including phenoxy) is 1. The molecule has 1 aliphatic rings. The maximum absolute atomic E-state index is 12.6. The Kier molecular flexibility index (Phi) is 7.06. The zero-order valence-corrected chi connectivity index (χ0v) is 16.8. The molecule has 1 aliphatic heterocycles. The van der Waals surface area contributed by atoms with E-state index >= 15 is 0 Å². The monoisotopic (exact) mass is 360 g/mol. The highest BCUT2D eigenvalue weighted by atomic mass is 16.5. The summed E-state index contributed by atoms with van der Waals surface area (Å²) in [4.78, 5) is 28.6. The van der Waals surface area contributed by atoms with Gasteiger partial charge in [0.2, 0.25) is 5.91 Å². The molecule has 5 heteroatoms. The lowest BCUT2D eigenvalue weighted by Crippen LogP contribution is -2.39. The van der Waals surface area contributed by atoms with Gasteiger partial charge < -0.3 is 14.5 Å². The van der Waals surface area contributed by atoms with Crippen LogP contribution in [0.1, 0.15) is 43.4 Å². The van der Waals surface area contributed by atoms with Gasteiger partial charge in [-0.15, -0.1) is 0 Å². The SMILES string of the molecule is Cc1ccc(C)c(OCC(=O)N2CCCN(C(=O)CC(C)C)CC2)c1C. The summed E-state index contributed by atoms with van der Waals surface area (Å²) < 4.78 is 5.86. The van der Waals surface area contributed by atoms with Gasteiger partial charge in [0.1, 0.15) is 5.75 Å². The summed E-state index contributed by atoms with van der Waals surface area (Å²) in [7, 11) is 0. The molecule has 0 N–H and O–H groups in total. The lowest BCUT2D eigenvalue weighted by atomic mass is 10.1. The molecule has 2 amide bonds. The normalized spacial score (nSPS) is 15.2. The molecule has 0 aliphatic carbocycles. The number of aryl methyl sites for hydroxylation is 2. The van der Waals surface area contributed by atoms with E-state index in [1.165, 1.54) is 0 Å². The first kappa shape index (κ1) is 20.3. The average Bonchev–Trinajstić information content (AvgIpc) is 2.84. The van der Waals surface area contributed by atoms with E-state index in [2.05, 4.69) is 19.9 Å². The zero-order chi connectivity index (χ0) is 19.3. The predicted molar refractivity (Wildman–Crippen MR) is 103 cm³/mol. The van der Waals surface area contributed by atoms with Crippen molar-refractivity contribution in [1.82, 2.24) is 9.80 Å². The highest BCUT2D eigenvalue weighted by Gasteiger charge is 2.23. The van der Waals surface area contributed by atoms with Gasteiger partial charge in [0.25, 0.3) is 5.91 Å². The van der Waals surface area contributed by atoms with Crippen molar-refractivity contribution in [1.29, 1.82) is 0 Å². The van der Waals surface area contributed by atoms with Crippen molar-refractivity contribution in [3.05, 3.63) is 28.8 Å². The van der Waals surface area contributed by atoms with Gasteiger partial charge in [-0.05, 0) is 49.8 Å². The standard InChI is InChI=1S/C21H32N2O3/c1-15(2)13-19(24)22-9-6-10-23(12-11-22)20(25)14-26-21-17(4)8-7-16(3)18(21)5/h7-8,15H,6,9-14H2,1-5H3. The van der Waals surface area contributed by atoms with E-state index in [9.17, 15) is 9.59 Å². The Hall–Kier alpha value is -2.04. The molecule has 0 spiro atoms. The topological polar surface area (TPSA) is 49.9 Å². The molecule has 0 radical (unpaired) electrons. The molecular formula is C21H32N2O3. The Balaban J connectivity index is 1.91. The van der Waals surface area contributed by atoms with E-state index in [-0.39, 0.29) is 18.4 Å². The Morgan fingerprint density at radius 1 is 0.962 bits per heavy atom. The second-order valence-corrected chi connectivity index (χ2v) is 7.66. The van der Waals surface area contributed by atoms with Crippen LogP contribution in [0.15, 0.2) is 12.1 Å². The van der Waals surface area contributed by atoms with Crippen LogP contribution in [0.5, 0.6) is 5.75 Å². The van der Waals surface area contributed by atoms with Crippen molar-refractivity contribution >= 4 is 11.8 Å². The van der Waals surface area contributed by atoms with Gasteiger partial charge in [-0.25, -0.2) is 0 Å². The second kappa shape index (κ2) is 9.06. The molecule has 144 valence electrons. The number of hydrogen-bond donors (Lipinski definition) is 0. The molecule has 26 heavy (non-hydrogen) atoms. The number of carbonyl (C=O) groups is 2. The fourth-order valence-electron chi connectivity index (χ4n) is 3.27. The fourth-order valence-corrected chi connectivity index (χ4v) is 3.27. The average molecular weight is 360 g/mol. The predicted octanol–water partition coefficient (Wildman–Crippen LogP) is 3.10. The Morgan fingerprint density at radius 2 is 1.54 bits per heavy atom. The first-order valence-corrected chi connectivity index (χ1v) is 9.54. The van der Waals surface area contributed by atoms with E-state index in [1.807, 2.05) is 36.6 Å². The number of nitrogens with zero attached hydrogens (tertiary/aromatic N) is 2. The maximum atomic E-state index is 12.6. The Morgan fingerprint density at radius 3 is 2.15 bits per heavy atom. The highest BCUT2D eigenvalue weighted by molar-refractivity contribution is 5.79. The molecule has 0 aromatic heterocycles. The third kappa shape index (κ3) is 5.23. The van der Waals surface area contributed by atoms with Crippen LogP contribution < -0.4 is 4.74 Å². The van der Waals surface area contributed by atoms with Crippen molar-refractivity contribution in [2.45, 2.75) is 47.5 Å². The minimum atomic E-state index is -0.0107. The quantitative estimate of drug-likeness (QED) is 0.811. The molecule has 0 saturated carbocycles. The summed E-state index contributed by atoms with van der Waals surface area (Å²) in [5, 5.41) is 0. The molecule has 2 rings (SSSR count). The molecule has 1 aromatic carbocycles. The first-order valence-electron chi connectivity index (χ1n) is 9.54. The van der Waals surface area contributed by atoms with Crippen molar-refractivity contribution < 1.29 is 14.3 Å². The van der Waals surface area contributed by atoms with Crippen LogP contribution >= 0.6 is 0 Å². The van der Waals surface area contributed by atoms with Crippen molar-refractivity contribution in [3.8, 4) is 5.75 Å². The van der Waals surface area contributed by atoms with E-state index < -0.39 is 0 Å². The Labute approximate surface area is 157 Å². The highest BCUT2D eigenvalue weighted by Crippen LogP contribution is 2.25. The van der Waals surface area contributed by atoms with E-state index in [4.69, 9.17) is 4.74 Å². The van der Waals surface area contributed by atoms with Gasteiger partial charge in [0.15, 0.2) is 6.61 Å². The molecule has 0 unspecified atom stereocenters. The summed E-state index contributed by atoms with van der Waals surface area (Å²) in [5.41, 5.74) is 3.29.